The van der Waals surface area contributed by atoms with Gasteiger partial charge in [0.2, 0.25) is 5.95 Å². The Bertz CT molecular complexity index is 3260. The second kappa shape index (κ2) is 9.56. The minimum Gasteiger partial charge on any atom is -0.456 e. The van der Waals surface area contributed by atoms with Crippen molar-refractivity contribution in [1.29, 1.82) is 0 Å². The molecule has 6 heteroatoms. The summed E-state index contributed by atoms with van der Waals surface area (Å²) >= 11 is 1.85. The summed E-state index contributed by atoms with van der Waals surface area (Å²) in [4.78, 5) is 10.7. The lowest BCUT2D eigenvalue weighted by molar-refractivity contribution is 0.486. The third kappa shape index (κ3) is 3.40. The van der Waals surface area contributed by atoms with Crippen molar-refractivity contribution in [2.45, 2.75) is 0 Å². The molecule has 0 N–H and O–H groups in total. The Kier molecular flexibility index (Phi) is 5.06. The van der Waals surface area contributed by atoms with Crippen LogP contribution in [0.3, 0.4) is 0 Å². The highest BCUT2D eigenvalue weighted by atomic mass is 32.1. The molecule has 0 atom stereocenters. The molecule has 5 heterocycles. The molecule has 232 valence electrons. The first-order chi connectivity index (χ1) is 24.8. The lowest BCUT2D eigenvalue weighted by Crippen LogP contribution is -2.07. The van der Waals surface area contributed by atoms with E-state index in [1.54, 1.807) is 0 Å². The van der Waals surface area contributed by atoms with Gasteiger partial charge >= 0.3 is 0 Å². The van der Waals surface area contributed by atoms with E-state index in [4.69, 9.17) is 14.7 Å². The van der Waals surface area contributed by atoms with Crippen molar-refractivity contribution in [2.24, 2.45) is 0 Å². The monoisotopic (exact) mass is 656 g/mol. The molecule has 0 bridgehead atoms. The van der Waals surface area contributed by atoms with Gasteiger partial charge in [0.1, 0.15) is 11.5 Å². The Morgan fingerprint density at radius 1 is 0.480 bits per heavy atom. The molecule has 0 saturated heterocycles. The maximum absolute atomic E-state index is 6.34. The Morgan fingerprint density at radius 2 is 1.14 bits per heavy atom. The van der Waals surface area contributed by atoms with Crippen LogP contribution in [-0.4, -0.2) is 19.1 Å². The first-order valence-electron chi connectivity index (χ1n) is 16.8. The topological polar surface area (TPSA) is 44.9 Å². The second-order valence-electron chi connectivity index (χ2n) is 13.0. The molecule has 1 aliphatic heterocycles. The molecule has 12 rings (SSSR count). The first-order valence-corrected chi connectivity index (χ1v) is 17.6. The van der Waals surface area contributed by atoms with E-state index in [2.05, 4.69) is 124 Å². The van der Waals surface area contributed by atoms with Crippen LogP contribution in [0.4, 0.5) is 0 Å². The summed E-state index contributed by atoms with van der Waals surface area (Å²) in [5.41, 5.74) is 8.27. The van der Waals surface area contributed by atoms with Crippen molar-refractivity contribution < 1.29 is 4.74 Å². The lowest BCUT2D eigenvalue weighted by Gasteiger charge is -2.21. The number of hydrogen-bond donors (Lipinski definition) is 0. The summed E-state index contributed by atoms with van der Waals surface area (Å²) in [6, 6.07) is 51.7. The van der Waals surface area contributed by atoms with Gasteiger partial charge in [-0.2, -0.15) is 0 Å². The van der Waals surface area contributed by atoms with Gasteiger partial charge in [-0.05, 0) is 60.7 Å². The zero-order valence-corrected chi connectivity index (χ0v) is 27.3. The first kappa shape index (κ1) is 26.5. The molecule has 0 spiro atoms. The third-order valence-electron chi connectivity index (χ3n) is 10.3. The van der Waals surface area contributed by atoms with Crippen LogP contribution in [0.2, 0.25) is 0 Å². The number of rotatable bonds is 2. The number of nitrogens with zero attached hydrogens (tertiary/aromatic N) is 4. The Morgan fingerprint density at radius 3 is 1.98 bits per heavy atom. The number of thiophene rings is 1. The zero-order valence-electron chi connectivity index (χ0n) is 26.5. The van der Waals surface area contributed by atoms with Crippen molar-refractivity contribution in [2.75, 3.05) is 0 Å². The van der Waals surface area contributed by atoms with Crippen LogP contribution in [0.15, 0.2) is 146 Å². The van der Waals surface area contributed by atoms with E-state index < -0.39 is 0 Å². The van der Waals surface area contributed by atoms with Crippen LogP contribution in [0.5, 0.6) is 11.5 Å². The average molecular weight is 657 g/mol. The largest absolute Gasteiger partial charge is 0.456 e. The number of aromatic nitrogens is 4. The SMILES string of the molecule is c1ccc2c(c1)Oc1cccc3nc(-n4c5ccccc5c5ccc6c7ccccc7n(-c7ccc8sc9ccccc9c8c7)c6c54)nc-2c13. The van der Waals surface area contributed by atoms with Crippen molar-refractivity contribution in [3.63, 3.8) is 0 Å². The lowest BCUT2D eigenvalue weighted by atomic mass is 10.0. The molecule has 1 aliphatic rings. The summed E-state index contributed by atoms with van der Waals surface area (Å²) in [6.07, 6.45) is 0. The molecule has 0 aliphatic carbocycles. The van der Waals surface area contributed by atoms with Crippen LogP contribution in [0, 0.1) is 0 Å². The molecular weight excluding hydrogens is 633 g/mol. The summed E-state index contributed by atoms with van der Waals surface area (Å²) in [6.45, 7) is 0. The standard InChI is InChI=1S/C44H24N4OS/c1-5-15-34-26(10-1)29-21-22-30-27-11-2-6-16-35(27)48(44-45-33-14-9-18-37-40(33)41(46-44)31-13-3-7-17-36(31)49-37)43(30)42(29)47(34)25-20-23-39-32(24-25)28-12-4-8-19-38(28)50-39/h1-24H. The highest BCUT2D eigenvalue weighted by Crippen LogP contribution is 2.47. The quantitative estimate of drug-likeness (QED) is 0.186. The van der Waals surface area contributed by atoms with E-state index in [9.17, 15) is 0 Å². The Labute approximate surface area is 288 Å². The van der Waals surface area contributed by atoms with E-state index in [0.717, 1.165) is 72.2 Å². The molecule has 0 amide bonds. The van der Waals surface area contributed by atoms with Crippen molar-refractivity contribution in [1.82, 2.24) is 19.1 Å². The van der Waals surface area contributed by atoms with Gasteiger partial charge < -0.3 is 9.30 Å². The average Bonchev–Trinajstić information content (AvgIpc) is 3.82. The zero-order chi connectivity index (χ0) is 32.5. The molecule has 5 nitrogen and oxygen atoms in total. The van der Waals surface area contributed by atoms with E-state index >= 15 is 0 Å². The normalized spacial score (nSPS) is 12.6. The van der Waals surface area contributed by atoms with Gasteiger partial charge in [-0.1, -0.05) is 84.9 Å². The number of ether oxygens (including phenoxy) is 1. The molecule has 50 heavy (non-hydrogen) atoms. The summed E-state index contributed by atoms with van der Waals surface area (Å²) < 4.78 is 13.7. The van der Waals surface area contributed by atoms with E-state index in [1.165, 1.54) is 30.9 Å². The number of benzene rings is 7. The number of hydrogen-bond acceptors (Lipinski definition) is 4. The molecule has 11 aromatic rings. The predicted octanol–water partition coefficient (Wildman–Crippen LogP) is 12.0. The van der Waals surface area contributed by atoms with Crippen LogP contribution >= 0.6 is 11.3 Å². The van der Waals surface area contributed by atoms with Gasteiger partial charge in [0.05, 0.1) is 38.7 Å². The third-order valence-corrected chi connectivity index (χ3v) is 11.5. The summed E-state index contributed by atoms with van der Waals surface area (Å²) in [5.74, 6) is 2.22. The number of para-hydroxylation sites is 3. The highest BCUT2D eigenvalue weighted by molar-refractivity contribution is 7.25. The van der Waals surface area contributed by atoms with E-state index in [0.29, 0.717) is 5.95 Å². The van der Waals surface area contributed by atoms with Crippen LogP contribution < -0.4 is 4.74 Å². The van der Waals surface area contributed by atoms with Gasteiger partial charge in [0.15, 0.2) is 0 Å². The molecule has 4 aromatic heterocycles. The molecule has 0 fully saturated rings. The summed E-state index contributed by atoms with van der Waals surface area (Å²) in [7, 11) is 0. The van der Waals surface area contributed by atoms with Gasteiger partial charge in [0, 0.05) is 53.0 Å². The van der Waals surface area contributed by atoms with Crippen molar-refractivity contribution in [3.05, 3.63) is 146 Å². The summed E-state index contributed by atoms with van der Waals surface area (Å²) in [5, 5.41) is 8.22. The Hall–Kier alpha value is -6.50. The Balaban J connectivity index is 1.26. The van der Waals surface area contributed by atoms with Crippen molar-refractivity contribution in [3.8, 4) is 34.4 Å². The van der Waals surface area contributed by atoms with Gasteiger partial charge in [0.25, 0.3) is 0 Å². The number of fused-ring (bicyclic) bond motifs is 12. The second-order valence-corrected chi connectivity index (χ2v) is 14.0. The minimum atomic E-state index is 0.635. The fourth-order valence-corrected chi connectivity index (χ4v) is 9.31. The molecule has 7 aromatic carbocycles. The van der Waals surface area contributed by atoms with Crippen LogP contribution in [0.25, 0.3) is 97.6 Å². The molecule has 0 saturated carbocycles. The van der Waals surface area contributed by atoms with E-state index in [1.807, 2.05) is 41.7 Å². The van der Waals surface area contributed by atoms with Crippen molar-refractivity contribution >= 4 is 86.0 Å². The smallest absolute Gasteiger partial charge is 0.235 e. The van der Waals surface area contributed by atoms with Gasteiger partial charge in [-0.15, -0.1) is 11.3 Å². The minimum absolute atomic E-state index is 0.635. The fourth-order valence-electron chi connectivity index (χ4n) is 8.22. The van der Waals surface area contributed by atoms with Gasteiger partial charge in [-0.3, -0.25) is 4.57 Å². The fraction of sp³-hybridized carbons (Fsp3) is 0. The molecule has 0 radical (unpaired) electrons. The van der Waals surface area contributed by atoms with Crippen LogP contribution in [0.1, 0.15) is 0 Å². The van der Waals surface area contributed by atoms with Crippen LogP contribution in [-0.2, 0) is 0 Å². The predicted molar refractivity (Wildman–Crippen MR) is 207 cm³/mol. The molecule has 0 unspecified atom stereocenters. The molecular formula is C44H24N4OS. The maximum atomic E-state index is 6.34. The van der Waals surface area contributed by atoms with E-state index in [-0.39, 0.29) is 0 Å². The highest BCUT2D eigenvalue weighted by Gasteiger charge is 2.26. The van der Waals surface area contributed by atoms with Gasteiger partial charge in [-0.25, -0.2) is 9.97 Å². The maximum Gasteiger partial charge on any atom is 0.235 e.